The summed E-state index contributed by atoms with van der Waals surface area (Å²) in [5.74, 6) is -0.0316. The van der Waals surface area contributed by atoms with Gasteiger partial charge in [-0.15, -0.1) is 0 Å². The normalized spacial score (nSPS) is 13.1. The van der Waals surface area contributed by atoms with Crippen LogP contribution in [0.2, 0.25) is 0 Å². The highest BCUT2D eigenvalue weighted by Gasteiger charge is 2.19. The van der Waals surface area contributed by atoms with Crippen molar-refractivity contribution in [3.05, 3.63) is 0 Å². The van der Waals surface area contributed by atoms with Gasteiger partial charge in [0, 0.05) is 6.42 Å². The summed E-state index contributed by atoms with van der Waals surface area (Å²) in [7, 11) is 0. The number of carbonyl (C=O) groups excluding carboxylic acids is 1. The van der Waals surface area contributed by atoms with Crippen molar-refractivity contribution in [1.82, 2.24) is 5.32 Å². The molecular weight excluding hydrogens is 458 g/mol. The number of nitrogens with one attached hydrogen (secondary N) is 1. The number of aliphatic hydroxyl groups excluding tert-OH is 2. The zero-order valence-electron chi connectivity index (χ0n) is 25.3. The monoisotopic (exact) mass is 526 g/mol. The first kappa shape index (κ1) is 36.4. The predicted molar refractivity (Wildman–Crippen MR) is 161 cm³/mol. The third-order valence-electron chi connectivity index (χ3n) is 7.87. The summed E-state index contributed by atoms with van der Waals surface area (Å²) in [6.45, 7) is 4.34. The third-order valence-corrected chi connectivity index (χ3v) is 7.87. The van der Waals surface area contributed by atoms with Gasteiger partial charge in [-0.05, 0) is 12.8 Å². The second-order valence-corrected chi connectivity index (χ2v) is 11.6. The van der Waals surface area contributed by atoms with Crippen LogP contribution in [0.3, 0.4) is 0 Å². The first-order valence-corrected chi connectivity index (χ1v) is 16.7. The van der Waals surface area contributed by atoms with E-state index < -0.39 is 12.1 Å². The molecule has 4 heteroatoms. The van der Waals surface area contributed by atoms with E-state index in [9.17, 15) is 15.0 Å². The van der Waals surface area contributed by atoms with Gasteiger partial charge in [0.1, 0.15) is 0 Å². The fourth-order valence-electron chi connectivity index (χ4n) is 5.24. The van der Waals surface area contributed by atoms with Gasteiger partial charge in [-0.1, -0.05) is 168 Å². The van der Waals surface area contributed by atoms with Crippen LogP contribution in [-0.2, 0) is 4.79 Å². The van der Waals surface area contributed by atoms with Gasteiger partial charge < -0.3 is 15.5 Å². The Labute approximate surface area is 232 Å². The second kappa shape index (κ2) is 29.9. The van der Waals surface area contributed by atoms with E-state index in [0.717, 1.165) is 25.7 Å². The van der Waals surface area contributed by atoms with Crippen LogP contribution >= 0.6 is 0 Å². The number of hydrogen-bond acceptors (Lipinski definition) is 3. The summed E-state index contributed by atoms with van der Waals surface area (Å²) in [6, 6.07) is -0.526. The van der Waals surface area contributed by atoms with Crippen molar-refractivity contribution in [2.24, 2.45) is 0 Å². The van der Waals surface area contributed by atoms with E-state index in [4.69, 9.17) is 0 Å². The molecule has 0 aliphatic carbocycles. The molecule has 0 heterocycles. The molecule has 0 aromatic heterocycles. The number of amides is 1. The molecule has 2 atom stereocenters. The van der Waals surface area contributed by atoms with Crippen LogP contribution in [0.5, 0.6) is 0 Å². The van der Waals surface area contributed by atoms with Crippen molar-refractivity contribution in [3.63, 3.8) is 0 Å². The Kier molecular flexibility index (Phi) is 29.4. The molecule has 0 aromatic carbocycles. The molecule has 0 saturated carbocycles. The lowest BCUT2D eigenvalue weighted by Crippen LogP contribution is -2.45. The minimum absolute atomic E-state index is 0.0316. The van der Waals surface area contributed by atoms with E-state index in [1.807, 2.05) is 0 Å². The fourth-order valence-corrected chi connectivity index (χ4v) is 5.24. The zero-order chi connectivity index (χ0) is 27.2. The molecule has 37 heavy (non-hydrogen) atoms. The minimum Gasteiger partial charge on any atom is -0.394 e. The van der Waals surface area contributed by atoms with Gasteiger partial charge in [-0.3, -0.25) is 4.79 Å². The summed E-state index contributed by atoms with van der Waals surface area (Å²) in [4.78, 5) is 12.3. The van der Waals surface area contributed by atoms with Gasteiger partial charge in [0.05, 0.1) is 18.8 Å². The largest absolute Gasteiger partial charge is 0.394 e. The smallest absolute Gasteiger partial charge is 0.220 e. The molecule has 0 aliphatic rings. The van der Waals surface area contributed by atoms with Crippen LogP contribution in [-0.4, -0.2) is 34.9 Å². The van der Waals surface area contributed by atoms with Gasteiger partial charge in [0.15, 0.2) is 0 Å². The van der Waals surface area contributed by atoms with Gasteiger partial charge in [-0.25, -0.2) is 0 Å². The van der Waals surface area contributed by atoms with Crippen LogP contribution in [0.4, 0.5) is 0 Å². The number of carbonyl (C=O) groups is 1. The van der Waals surface area contributed by atoms with Crippen LogP contribution in [0.1, 0.15) is 187 Å². The summed E-state index contributed by atoms with van der Waals surface area (Å²) < 4.78 is 0. The van der Waals surface area contributed by atoms with Crippen LogP contribution in [0.25, 0.3) is 0 Å². The maximum atomic E-state index is 12.3. The summed E-state index contributed by atoms with van der Waals surface area (Å²) >= 11 is 0. The lowest BCUT2D eigenvalue weighted by atomic mass is 10.0. The minimum atomic E-state index is -0.649. The Morgan fingerprint density at radius 3 is 1.22 bits per heavy atom. The van der Waals surface area contributed by atoms with Crippen molar-refractivity contribution in [2.75, 3.05) is 6.61 Å². The highest BCUT2D eigenvalue weighted by atomic mass is 16.3. The van der Waals surface area contributed by atoms with Crippen molar-refractivity contribution in [2.45, 2.75) is 199 Å². The van der Waals surface area contributed by atoms with Gasteiger partial charge in [0.25, 0.3) is 0 Å². The number of unbranched alkanes of at least 4 members (excludes halogenated alkanes) is 23. The Morgan fingerprint density at radius 2 is 0.865 bits per heavy atom. The Hall–Kier alpha value is -0.610. The van der Waals surface area contributed by atoms with Crippen LogP contribution in [0.15, 0.2) is 0 Å². The van der Waals surface area contributed by atoms with Crippen LogP contribution < -0.4 is 5.32 Å². The van der Waals surface area contributed by atoms with E-state index in [-0.39, 0.29) is 12.5 Å². The maximum Gasteiger partial charge on any atom is 0.220 e. The molecule has 0 spiro atoms. The summed E-state index contributed by atoms with van der Waals surface area (Å²) in [5, 5.41) is 22.9. The fraction of sp³-hybridized carbons (Fsp3) is 0.970. The topological polar surface area (TPSA) is 69.6 Å². The average Bonchev–Trinajstić information content (AvgIpc) is 2.90. The number of rotatable bonds is 30. The Balaban J connectivity index is 3.54. The van der Waals surface area contributed by atoms with Gasteiger partial charge in [-0.2, -0.15) is 0 Å². The molecule has 1 amide bonds. The third kappa shape index (κ3) is 26.8. The van der Waals surface area contributed by atoms with E-state index in [2.05, 4.69) is 19.2 Å². The number of hydrogen-bond donors (Lipinski definition) is 3. The van der Waals surface area contributed by atoms with Gasteiger partial charge in [0.2, 0.25) is 5.91 Å². The van der Waals surface area contributed by atoms with E-state index in [1.165, 1.54) is 135 Å². The highest BCUT2D eigenvalue weighted by molar-refractivity contribution is 5.76. The molecule has 4 nitrogen and oxygen atoms in total. The first-order chi connectivity index (χ1) is 18.2. The van der Waals surface area contributed by atoms with Crippen molar-refractivity contribution in [1.29, 1.82) is 0 Å². The molecule has 0 bridgehead atoms. The van der Waals surface area contributed by atoms with Gasteiger partial charge >= 0.3 is 0 Å². The average molecular weight is 526 g/mol. The number of aliphatic hydroxyl groups is 2. The molecule has 3 N–H and O–H groups in total. The molecule has 222 valence electrons. The van der Waals surface area contributed by atoms with Crippen molar-refractivity contribution < 1.29 is 15.0 Å². The molecular formula is C33H67NO3. The predicted octanol–water partition coefficient (Wildman–Crippen LogP) is 9.40. The zero-order valence-corrected chi connectivity index (χ0v) is 25.3. The summed E-state index contributed by atoms with van der Waals surface area (Å²) in [5.41, 5.74) is 0. The standard InChI is InChI=1S/C33H67NO3/c1-3-5-7-9-11-13-15-16-17-18-19-21-23-25-27-29-33(37)34-31(30-35)32(36)28-26-24-22-20-14-12-10-8-6-4-2/h31-32,35-36H,3-30H2,1-2H3,(H,34,37). The molecule has 0 aliphatic heterocycles. The molecule has 0 radical (unpaired) electrons. The summed E-state index contributed by atoms with van der Waals surface area (Å²) in [6.07, 6.45) is 32.9. The maximum absolute atomic E-state index is 12.3. The van der Waals surface area contributed by atoms with E-state index >= 15 is 0 Å². The molecule has 2 unspecified atom stereocenters. The van der Waals surface area contributed by atoms with E-state index in [1.54, 1.807) is 0 Å². The lowest BCUT2D eigenvalue weighted by molar-refractivity contribution is -0.123. The SMILES string of the molecule is CCCCCCCCCCCCCCCCCC(=O)NC(CO)C(O)CCCCCCCCCCCC. The van der Waals surface area contributed by atoms with E-state index in [0.29, 0.717) is 12.8 Å². The quantitative estimate of drug-likeness (QED) is 0.0818. The second-order valence-electron chi connectivity index (χ2n) is 11.6. The van der Waals surface area contributed by atoms with Crippen LogP contribution in [0, 0.1) is 0 Å². The highest BCUT2D eigenvalue weighted by Crippen LogP contribution is 2.15. The van der Waals surface area contributed by atoms with Crippen molar-refractivity contribution in [3.8, 4) is 0 Å². The molecule has 0 rings (SSSR count). The molecule has 0 aromatic rings. The first-order valence-electron chi connectivity index (χ1n) is 16.7. The Bertz CT molecular complexity index is 457. The Morgan fingerprint density at radius 1 is 0.541 bits per heavy atom. The molecule has 0 saturated heterocycles. The molecule has 0 fully saturated rings. The van der Waals surface area contributed by atoms with Crippen molar-refractivity contribution >= 4 is 5.91 Å². The lowest BCUT2D eigenvalue weighted by Gasteiger charge is -2.22.